The van der Waals surface area contributed by atoms with Crippen LogP contribution in [0.4, 0.5) is 4.79 Å². The van der Waals surface area contributed by atoms with E-state index < -0.39 is 4.87 Å². The molecule has 1 heterocycles. The molecule has 1 aromatic rings. The largest absolute Gasteiger partial charge is 0.338 e. The van der Waals surface area contributed by atoms with Crippen LogP contribution in [0, 0.1) is 5.41 Å². The lowest BCUT2D eigenvalue weighted by atomic mass is 9.82. The fourth-order valence-corrected chi connectivity index (χ4v) is 2.94. The standard InChI is InChI=1S/C18H26ClN3O/c1-6-18(19)12-22(21-13(18)2)16(23)20-15(17(3,4)5)14-10-8-7-9-11-14/h7-11,15H,6,12H2,1-5H3,(H,20,23). The fourth-order valence-electron chi connectivity index (χ4n) is 2.79. The topological polar surface area (TPSA) is 44.7 Å². The van der Waals surface area contributed by atoms with Gasteiger partial charge in [-0.15, -0.1) is 11.6 Å². The summed E-state index contributed by atoms with van der Waals surface area (Å²) in [6.07, 6.45) is 0.745. The van der Waals surface area contributed by atoms with Gasteiger partial charge in [0.05, 0.1) is 18.3 Å². The van der Waals surface area contributed by atoms with E-state index in [-0.39, 0.29) is 17.5 Å². The maximum absolute atomic E-state index is 12.7. The van der Waals surface area contributed by atoms with E-state index >= 15 is 0 Å². The molecule has 0 saturated carbocycles. The summed E-state index contributed by atoms with van der Waals surface area (Å²) >= 11 is 6.54. The summed E-state index contributed by atoms with van der Waals surface area (Å²) in [6.45, 7) is 10.6. The van der Waals surface area contributed by atoms with Crippen LogP contribution in [0.1, 0.15) is 52.6 Å². The third-order valence-corrected chi connectivity index (χ3v) is 5.04. The molecule has 1 aliphatic rings. The van der Waals surface area contributed by atoms with Crippen molar-refractivity contribution in [3.63, 3.8) is 0 Å². The molecule has 0 radical (unpaired) electrons. The molecule has 4 nitrogen and oxygen atoms in total. The number of alkyl halides is 1. The molecule has 0 fully saturated rings. The average molecular weight is 336 g/mol. The van der Waals surface area contributed by atoms with Crippen molar-refractivity contribution in [1.82, 2.24) is 10.3 Å². The van der Waals surface area contributed by atoms with E-state index in [4.69, 9.17) is 11.6 Å². The van der Waals surface area contributed by atoms with Crippen LogP contribution >= 0.6 is 11.6 Å². The van der Waals surface area contributed by atoms with Gasteiger partial charge in [0.1, 0.15) is 4.87 Å². The van der Waals surface area contributed by atoms with E-state index in [1.807, 2.05) is 44.2 Å². The Hall–Kier alpha value is -1.55. The van der Waals surface area contributed by atoms with Crippen molar-refractivity contribution in [3.05, 3.63) is 35.9 Å². The van der Waals surface area contributed by atoms with Crippen molar-refractivity contribution in [2.45, 2.75) is 52.0 Å². The first kappa shape index (κ1) is 17.8. The number of nitrogens with zero attached hydrogens (tertiary/aromatic N) is 2. The Balaban J connectivity index is 2.17. The first-order valence-corrected chi connectivity index (χ1v) is 8.43. The predicted molar refractivity (Wildman–Crippen MR) is 95.9 cm³/mol. The lowest BCUT2D eigenvalue weighted by Crippen LogP contribution is -2.44. The third kappa shape index (κ3) is 3.86. The van der Waals surface area contributed by atoms with Crippen LogP contribution in [0.2, 0.25) is 0 Å². The molecular weight excluding hydrogens is 310 g/mol. The number of rotatable bonds is 3. The maximum Gasteiger partial charge on any atom is 0.338 e. The Labute approximate surface area is 143 Å². The molecule has 0 aromatic heterocycles. The van der Waals surface area contributed by atoms with Gasteiger partial charge in [-0.25, -0.2) is 9.80 Å². The van der Waals surface area contributed by atoms with E-state index in [0.29, 0.717) is 6.54 Å². The van der Waals surface area contributed by atoms with Crippen LogP contribution in [0.3, 0.4) is 0 Å². The average Bonchev–Trinajstić information content (AvgIpc) is 2.81. The molecule has 0 spiro atoms. The SMILES string of the molecule is CCC1(Cl)CN(C(=O)NC(c2ccccc2)C(C)(C)C)N=C1C. The molecule has 23 heavy (non-hydrogen) atoms. The smallest absolute Gasteiger partial charge is 0.329 e. The molecule has 0 aliphatic carbocycles. The molecule has 2 atom stereocenters. The van der Waals surface area contributed by atoms with Gasteiger partial charge in [0.25, 0.3) is 0 Å². The van der Waals surface area contributed by atoms with Gasteiger partial charge in [-0.05, 0) is 24.3 Å². The zero-order chi connectivity index (χ0) is 17.3. The minimum absolute atomic E-state index is 0.0985. The quantitative estimate of drug-likeness (QED) is 0.808. The summed E-state index contributed by atoms with van der Waals surface area (Å²) in [6, 6.07) is 9.71. The summed E-state index contributed by atoms with van der Waals surface area (Å²) in [5, 5.41) is 8.92. The van der Waals surface area contributed by atoms with Crippen LogP contribution in [0.25, 0.3) is 0 Å². The first-order valence-electron chi connectivity index (χ1n) is 8.05. The summed E-state index contributed by atoms with van der Waals surface area (Å²) in [5.41, 5.74) is 1.77. The van der Waals surface area contributed by atoms with E-state index in [9.17, 15) is 4.79 Å². The monoisotopic (exact) mass is 335 g/mol. The van der Waals surface area contributed by atoms with Gasteiger partial charge >= 0.3 is 6.03 Å². The summed E-state index contributed by atoms with van der Waals surface area (Å²) in [5.74, 6) is 0. The Bertz CT molecular complexity index is 594. The maximum atomic E-state index is 12.7. The first-order chi connectivity index (χ1) is 10.7. The number of hydrogen-bond acceptors (Lipinski definition) is 2. The number of urea groups is 1. The van der Waals surface area contributed by atoms with E-state index in [1.165, 1.54) is 5.01 Å². The minimum Gasteiger partial charge on any atom is -0.329 e. The molecule has 5 heteroatoms. The minimum atomic E-state index is -0.540. The van der Waals surface area contributed by atoms with Gasteiger partial charge in [0, 0.05) is 0 Å². The second kappa shape index (κ2) is 6.52. The summed E-state index contributed by atoms with van der Waals surface area (Å²) < 4.78 is 0. The molecular formula is C18H26ClN3O. The summed E-state index contributed by atoms with van der Waals surface area (Å²) in [7, 11) is 0. The lowest BCUT2D eigenvalue weighted by Gasteiger charge is -2.33. The Morgan fingerprint density at radius 2 is 2.00 bits per heavy atom. The Morgan fingerprint density at radius 1 is 1.39 bits per heavy atom. The van der Waals surface area contributed by atoms with E-state index in [1.54, 1.807) is 0 Å². The number of hydrazone groups is 1. The van der Waals surface area contributed by atoms with Gasteiger partial charge < -0.3 is 5.32 Å². The normalized spacial score (nSPS) is 22.7. The molecule has 2 amide bonds. The van der Waals surface area contributed by atoms with Gasteiger partial charge in [-0.3, -0.25) is 0 Å². The van der Waals surface area contributed by atoms with Crippen LogP contribution in [-0.4, -0.2) is 28.2 Å². The molecule has 0 bridgehead atoms. The van der Waals surface area contributed by atoms with Crippen molar-refractivity contribution >= 4 is 23.3 Å². The van der Waals surface area contributed by atoms with E-state index in [2.05, 4.69) is 31.2 Å². The highest BCUT2D eigenvalue weighted by molar-refractivity contribution is 6.36. The van der Waals surface area contributed by atoms with Crippen LogP contribution in [0.5, 0.6) is 0 Å². The number of amides is 2. The lowest BCUT2D eigenvalue weighted by molar-refractivity contribution is 0.183. The summed E-state index contributed by atoms with van der Waals surface area (Å²) in [4.78, 5) is 12.1. The highest BCUT2D eigenvalue weighted by atomic mass is 35.5. The highest BCUT2D eigenvalue weighted by Gasteiger charge is 2.40. The van der Waals surface area contributed by atoms with Crippen molar-refractivity contribution in [1.29, 1.82) is 0 Å². The van der Waals surface area contributed by atoms with Crippen molar-refractivity contribution < 1.29 is 4.79 Å². The van der Waals surface area contributed by atoms with Crippen molar-refractivity contribution in [2.24, 2.45) is 10.5 Å². The zero-order valence-corrected chi connectivity index (χ0v) is 15.3. The highest BCUT2D eigenvalue weighted by Crippen LogP contribution is 2.34. The van der Waals surface area contributed by atoms with Crippen LogP contribution < -0.4 is 5.32 Å². The molecule has 126 valence electrons. The number of benzene rings is 1. The molecule has 1 aliphatic heterocycles. The van der Waals surface area contributed by atoms with Gasteiger partial charge in [-0.1, -0.05) is 58.0 Å². The third-order valence-electron chi connectivity index (χ3n) is 4.38. The number of carbonyl (C=O) groups excluding carboxylic acids is 1. The van der Waals surface area contributed by atoms with Gasteiger partial charge in [0.2, 0.25) is 0 Å². The molecule has 1 N–H and O–H groups in total. The Kier molecular flexibility index (Phi) is 5.04. The molecule has 2 rings (SSSR count). The number of nitrogens with one attached hydrogen (secondary N) is 1. The van der Waals surface area contributed by atoms with Crippen molar-refractivity contribution in [3.8, 4) is 0 Å². The predicted octanol–water partition coefficient (Wildman–Crippen LogP) is 4.56. The van der Waals surface area contributed by atoms with E-state index in [0.717, 1.165) is 17.7 Å². The van der Waals surface area contributed by atoms with Crippen molar-refractivity contribution in [2.75, 3.05) is 6.54 Å². The number of carbonyl (C=O) groups is 1. The van der Waals surface area contributed by atoms with Gasteiger partial charge in [-0.2, -0.15) is 5.10 Å². The second-order valence-corrected chi connectivity index (χ2v) is 7.94. The molecule has 1 aromatic carbocycles. The Morgan fingerprint density at radius 3 is 2.48 bits per heavy atom. The number of halogens is 1. The van der Waals surface area contributed by atoms with Crippen LogP contribution in [-0.2, 0) is 0 Å². The number of hydrogen-bond donors (Lipinski definition) is 1. The van der Waals surface area contributed by atoms with Crippen LogP contribution in [0.15, 0.2) is 35.4 Å². The fraction of sp³-hybridized carbons (Fsp3) is 0.556. The molecule has 0 saturated heterocycles. The molecule has 2 unspecified atom stereocenters. The zero-order valence-electron chi connectivity index (χ0n) is 14.6. The van der Waals surface area contributed by atoms with Gasteiger partial charge in [0.15, 0.2) is 0 Å². The second-order valence-electron chi connectivity index (χ2n) is 7.22.